The summed E-state index contributed by atoms with van der Waals surface area (Å²) in [5.41, 5.74) is 0. The molecule has 0 amide bonds. The van der Waals surface area contributed by atoms with E-state index in [2.05, 4.69) is 11.4 Å². The number of halogens is 1. The highest BCUT2D eigenvalue weighted by molar-refractivity contribution is 5.85. The van der Waals surface area contributed by atoms with E-state index in [9.17, 15) is 0 Å². The quantitative estimate of drug-likeness (QED) is 0.731. The molecule has 0 bridgehead atoms. The molecular weight excluding hydrogens is 174 g/mol. The van der Waals surface area contributed by atoms with Crippen molar-refractivity contribution in [3.05, 3.63) is 23.7 Å². The topological polar surface area (TPSA) is 25.2 Å². The third-order valence-electron chi connectivity index (χ3n) is 2.16. The molecule has 2 heterocycles. The van der Waals surface area contributed by atoms with Crippen molar-refractivity contribution in [1.82, 2.24) is 5.32 Å². The maximum absolute atomic E-state index is 5.50. The van der Waals surface area contributed by atoms with Crippen molar-refractivity contribution in [1.29, 1.82) is 0 Å². The highest BCUT2D eigenvalue weighted by Gasteiger charge is 2.18. The highest BCUT2D eigenvalue weighted by atomic mass is 35.5. The van der Waals surface area contributed by atoms with Crippen molar-refractivity contribution in [3.63, 3.8) is 0 Å². The zero-order valence-electron chi connectivity index (χ0n) is 7.17. The Morgan fingerprint density at radius 1 is 1.50 bits per heavy atom. The average molecular weight is 188 g/mol. The molecule has 0 aromatic carbocycles. The minimum absolute atomic E-state index is 0. The van der Waals surface area contributed by atoms with Gasteiger partial charge in [-0.25, -0.2) is 0 Å². The largest absolute Gasteiger partial charge is 0.465 e. The lowest BCUT2D eigenvalue weighted by Crippen LogP contribution is -2.11. The van der Waals surface area contributed by atoms with E-state index in [-0.39, 0.29) is 12.4 Å². The third-order valence-corrected chi connectivity index (χ3v) is 2.16. The normalized spacial score (nSPS) is 22.2. The Morgan fingerprint density at radius 3 is 2.83 bits per heavy atom. The van der Waals surface area contributed by atoms with Crippen LogP contribution in [0.2, 0.25) is 0 Å². The van der Waals surface area contributed by atoms with Crippen LogP contribution in [0.4, 0.5) is 0 Å². The summed E-state index contributed by atoms with van der Waals surface area (Å²) in [7, 11) is 0. The molecule has 1 aliphatic rings. The van der Waals surface area contributed by atoms with Gasteiger partial charge in [-0.3, -0.25) is 0 Å². The molecule has 1 aromatic rings. The van der Waals surface area contributed by atoms with Gasteiger partial charge in [0.15, 0.2) is 0 Å². The van der Waals surface area contributed by atoms with Crippen LogP contribution in [0.3, 0.4) is 0 Å². The molecule has 1 aliphatic heterocycles. The Bertz CT molecular complexity index is 240. The van der Waals surface area contributed by atoms with Gasteiger partial charge in [0.05, 0.1) is 6.04 Å². The van der Waals surface area contributed by atoms with Crippen molar-refractivity contribution >= 4 is 12.4 Å². The molecule has 68 valence electrons. The van der Waals surface area contributed by atoms with Crippen LogP contribution in [0.15, 0.2) is 16.5 Å². The summed E-state index contributed by atoms with van der Waals surface area (Å²) in [5, 5.41) is 3.39. The summed E-state index contributed by atoms with van der Waals surface area (Å²) < 4.78 is 5.50. The Morgan fingerprint density at radius 2 is 2.33 bits per heavy atom. The van der Waals surface area contributed by atoms with Crippen LogP contribution in [0, 0.1) is 6.92 Å². The fourth-order valence-corrected chi connectivity index (χ4v) is 1.57. The van der Waals surface area contributed by atoms with Gasteiger partial charge >= 0.3 is 0 Å². The zero-order valence-corrected chi connectivity index (χ0v) is 7.99. The molecular formula is C9H14ClNO. The van der Waals surface area contributed by atoms with Crippen LogP contribution in [0.25, 0.3) is 0 Å². The molecule has 2 nitrogen and oxygen atoms in total. The second-order valence-electron chi connectivity index (χ2n) is 3.10. The van der Waals surface area contributed by atoms with Crippen molar-refractivity contribution in [2.75, 3.05) is 6.54 Å². The van der Waals surface area contributed by atoms with Crippen LogP contribution < -0.4 is 5.32 Å². The summed E-state index contributed by atoms with van der Waals surface area (Å²) in [6, 6.07) is 4.57. The van der Waals surface area contributed by atoms with Crippen LogP contribution in [0.5, 0.6) is 0 Å². The molecule has 1 fully saturated rings. The van der Waals surface area contributed by atoms with E-state index in [0.717, 1.165) is 18.1 Å². The maximum atomic E-state index is 5.50. The Hall–Kier alpha value is -0.470. The van der Waals surface area contributed by atoms with E-state index < -0.39 is 0 Å². The fourth-order valence-electron chi connectivity index (χ4n) is 1.57. The predicted molar refractivity (Wildman–Crippen MR) is 50.7 cm³/mol. The molecule has 1 saturated heterocycles. The van der Waals surface area contributed by atoms with E-state index in [1.807, 2.05) is 13.0 Å². The summed E-state index contributed by atoms with van der Waals surface area (Å²) in [4.78, 5) is 0. The lowest BCUT2D eigenvalue weighted by Gasteiger charge is -2.04. The van der Waals surface area contributed by atoms with Gasteiger partial charge in [-0.15, -0.1) is 12.4 Å². The molecule has 1 aromatic heterocycles. The molecule has 1 atom stereocenters. The van der Waals surface area contributed by atoms with E-state index in [4.69, 9.17) is 4.42 Å². The van der Waals surface area contributed by atoms with Gasteiger partial charge in [0.1, 0.15) is 11.5 Å². The molecule has 0 radical (unpaired) electrons. The summed E-state index contributed by atoms with van der Waals surface area (Å²) in [6.45, 7) is 3.11. The van der Waals surface area contributed by atoms with Gasteiger partial charge in [-0.05, 0) is 38.4 Å². The second kappa shape index (κ2) is 3.97. The molecule has 0 aliphatic carbocycles. The first-order valence-electron chi connectivity index (χ1n) is 4.16. The Balaban J connectivity index is 0.000000720. The Kier molecular flexibility index (Phi) is 3.18. The van der Waals surface area contributed by atoms with Gasteiger partial charge in [0.25, 0.3) is 0 Å². The monoisotopic (exact) mass is 187 g/mol. The smallest absolute Gasteiger partial charge is 0.121 e. The van der Waals surface area contributed by atoms with Crippen LogP contribution in [-0.4, -0.2) is 6.54 Å². The lowest BCUT2D eigenvalue weighted by molar-refractivity contribution is 0.428. The summed E-state index contributed by atoms with van der Waals surface area (Å²) in [5.74, 6) is 2.11. The van der Waals surface area contributed by atoms with Crippen LogP contribution >= 0.6 is 12.4 Å². The first kappa shape index (κ1) is 9.62. The molecule has 2 rings (SSSR count). The molecule has 0 saturated carbocycles. The van der Waals surface area contributed by atoms with Crippen molar-refractivity contribution in [2.45, 2.75) is 25.8 Å². The van der Waals surface area contributed by atoms with Gasteiger partial charge in [0, 0.05) is 0 Å². The number of aryl methyl sites for hydroxylation is 1. The summed E-state index contributed by atoms with van der Waals surface area (Å²) in [6.07, 6.45) is 2.48. The number of rotatable bonds is 1. The van der Waals surface area contributed by atoms with Crippen molar-refractivity contribution in [2.24, 2.45) is 0 Å². The molecule has 0 spiro atoms. The van der Waals surface area contributed by atoms with E-state index in [1.165, 1.54) is 12.8 Å². The highest BCUT2D eigenvalue weighted by Crippen LogP contribution is 2.24. The van der Waals surface area contributed by atoms with Crippen molar-refractivity contribution in [3.8, 4) is 0 Å². The molecule has 1 N–H and O–H groups in total. The molecule has 12 heavy (non-hydrogen) atoms. The standard InChI is InChI=1S/C9H13NO.ClH/c1-7-4-5-9(11-7)8-3-2-6-10-8;/h4-5,8,10H,2-3,6H2,1H3;1H/t8-;/m1./s1. The Labute approximate surface area is 78.7 Å². The van der Waals surface area contributed by atoms with Gasteiger partial charge in [-0.2, -0.15) is 0 Å². The van der Waals surface area contributed by atoms with Crippen LogP contribution in [0.1, 0.15) is 30.4 Å². The van der Waals surface area contributed by atoms with Gasteiger partial charge in [-0.1, -0.05) is 0 Å². The maximum Gasteiger partial charge on any atom is 0.121 e. The third kappa shape index (κ3) is 1.82. The van der Waals surface area contributed by atoms with Gasteiger partial charge in [0.2, 0.25) is 0 Å². The summed E-state index contributed by atoms with van der Waals surface area (Å²) >= 11 is 0. The molecule has 3 heteroatoms. The first-order chi connectivity index (χ1) is 5.36. The van der Waals surface area contributed by atoms with Gasteiger partial charge < -0.3 is 9.73 Å². The number of hydrogen-bond donors (Lipinski definition) is 1. The first-order valence-corrected chi connectivity index (χ1v) is 4.16. The number of hydrogen-bond acceptors (Lipinski definition) is 2. The van der Waals surface area contributed by atoms with E-state index in [0.29, 0.717) is 6.04 Å². The zero-order chi connectivity index (χ0) is 7.68. The van der Waals surface area contributed by atoms with Crippen molar-refractivity contribution < 1.29 is 4.42 Å². The van der Waals surface area contributed by atoms with E-state index in [1.54, 1.807) is 0 Å². The number of nitrogens with one attached hydrogen (secondary N) is 1. The SMILES string of the molecule is Cc1ccc([C@H]2CCCN2)o1.Cl. The predicted octanol–water partition coefficient (Wildman–Crippen LogP) is 2.43. The molecule has 0 unspecified atom stereocenters. The van der Waals surface area contributed by atoms with Crippen LogP contribution in [-0.2, 0) is 0 Å². The average Bonchev–Trinajstić information content (AvgIpc) is 2.55. The lowest BCUT2D eigenvalue weighted by atomic mass is 10.2. The fraction of sp³-hybridized carbons (Fsp3) is 0.556. The minimum Gasteiger partial charge on any atom is -0.465 e. The second-order valence-corrected chi connectivity index (χ2v) is 3.10. The van der Waals surface area contributed by atoms with E-state index >= 15 is 0 Å². The number of furan rings is 1. The minimum atomic E-state index is 0.